The van der Waals surface area contributed by atoms with Gasteiger partial charge in [0.25, 0.3) is 5.91 Å². The van der Waals surface area contributed by atoms with Gasteiger partial charge in [-0.2, -0.15) is 5.10 Å². The fourth-order valence-electron chi connectivity index (χ4n) is 2.83. The second-order valence-corrected chi connectivity index (χ2v) is 5.56. The number of amides is 1. The van der Waals surface area contributed by atoms with Gasteiger partial charge in [0.15, 0.2) is 0 Å². The molecule has 1 aliphatic heterocycles. The summed E-state index contributed by atoms with van der Waals surface area (Å²) in [6.45, 7) is 8.01. The van der Waals surface area contributed by atoms with Crippen LogP contribution in [-0.2, 0) is 13.5 Å². The average Bonchev–Trinajstić information content (AvgIpc) is 2.86. The van der Waals surface area contributed by atoms with E-state index in [1.54, 1.807) is 4.68 Å². The molecular formula is C15H26N4O. The Hall–Kier alpha value is -1.36. The molecule has 112 valence electrons. The van der Waals surface area contributed by atoms with Gasteiger partial charge >= 0.3 is 0 Å². The SMILES string of the molecule is CCNCC1CCN(C(=O)c2cn(C)nc2CC)CC1. The van der Waals surface area contributed by atoms with Gasteiger partial charge in [-0.3, -0.25) is 9.48 Å². The highest BCUT2D eigenvalue weighted by molar-refractivity contribution is 5.95. The predicted octanol–water partition coefficient (Wildman–Crippen LogP) is 1.44. The molecule has 0 aromatic carbocycles. The van der Waals surface area contributed by atoms with Crippen molar-refractivity contribution in [3.05, 3.63) is 17.5 Å². The Labute approximate surface area is 121 Å². The van der Waals surface area contributed by atoms with Gasteiger partial charge in [-0.1, -0.05) is 13.8 Å². The molecule has 0 spiro atoms. The molecule has 5 nitrogen and oxygen atoms in total. The van der Waals surface area contributed by atoms with Gasteiger partial charge in [-0.25, -0.2) is 0 Å². The molecule has 1 amide bonds. The fraction of sp³-hybridized carbons (Fsp3) is 0.733. The van der Waals surface area contributed by atoms with Crippen LogP contribution >= 0.6 is 0 Å². The molecule has 5 heteroatoms. The van der Waals surface area contributed by atoms with E-state index < -0.39 is 0 Å². The molecule has 2 heterocycles. The minimum absolute atomic E-state index is 0.150. The molecule has 0 radical (unpaired) electrons. The van der Waals surface area contributed by atoms with E-state index in [1.807, 2.05) is 25.1 Å². The van der Waals surface area contributed by atoms with E-state index in [2.05, 4.69) is 17.3 Å². The molecular weight excluding hydrogens is 252 g/mol. The molecule has 0 saturated carbocycles. The quantitative estimate of drug-likeness (QED) is 0.887. The van der Waals surface area contributed by atoms with Crippen molar-refractivity contribution in [3.8, 4) is 0 Å². The molecule has 0 unspecified atom stereocenters. The van der Waals surface area contributed by atoms with Gasteiger partial charge in [-0.05, 0) is 38.3 Å². The molecule has 1 saturated heterocycles. The van der Waals surface area contributed by atoms with Crippen LogP contribution in [0.3, 0.4) is 0 Å². The molecule has 1 aromatic rings. The third-order valence-corrected chi connectivity index (χ3v) is 4.06. The maximum Gasteiger partial charge on any atom is 0.257 e. The maximum absolute atomic E-state index is 12.6. The normalized spacial score (nSPS) is 16.6. The third kappa shape index (κ3) is 3.39. The van der Waals surface area contributed by atoms with Crippen molar-refractivity contribution in [1.82, 2.24) is 20.0 Å². The molecule has 1 aromatic heterocycles. The number of nitrogens with zero attached hydrogens (tertiary/aromatic N) is 3. The summed E-state index contributed by atoms with van der Waals surface area (Å²) >= 11 is 0. The van der Waals surface area contributed by atoms with Crippen molar-refractivity contribution in [3.63, 3.8) is 0 Å². The lowest BCUT2D eigenvalue weighted by atomic mass is 9.96. The smallest absolute Gasteiger partial charge is 0.257 e. The first kappa shape index (κ1) is 15.0. The van der Waals surface area contributed by atoms with Crippen molar-refractivity contribution in [2.45, 2.75) is 33.1 Å². The summed E-state index contributed by atoms with van der Waals surface area (Å²) in [4.78, 5) is 14.6. The molecule has 1 N–H and O–H groups in total. The average molecular weight is 278 g/mol. The Morgan fingerprint density at radius 3 is 2.70 bits per heavy atom. The van der Waals surface area contributed by atoms with Crippen molar-refractivity contribution in [2.24, 2.45) is 13.0 Å². The Morgan fingerprint density at radius 1 is 1.40 bits per heavy atom. The first-order chi connectivity index (χ1) is 9.65. The van der Waals surface area contributed by atoms with E-state index in [-0.39, 0.29) is 5.91 Å². The van der Waals surface area contributed by atoms with Crippen LogP contribution in [0.5, 0.6) is 0 Å². The molecule has 20 heavy (non-hydrogen) atoms. The van der Waals surface area contributed by atoms with Crippen LogP contribution in [-0.4, -0.2) is 46.8 Å². The van der Waals surface area contributed by atoms with Gasteiger partial charge in [0.05, 0.1) is 11.3 Å². The topological polar surface area (TPSA) is 50.2 Å². The number of rotatable bonds is 5. The summed E-state index contributed by atoms with van der Waals surface area (Å²) in [5.74, 6) is 0.857. The van der Waals surface area contributed by atoms with Crippen LogP contribution in [0.25, 0.3) is 0 Å². The zero-order chi connectivity index (χ0) is 14.5. The first-order valence-electron chi connectivity index (χ1n) is 7.68. The summed E-state index contributed by atoms with van der Waals surface area (Å²) in [5, 5.41) is 7.76. The highest BCUT2D eigenvalue weighted by Gasteiger charge is 2.25. The number of piperidine rings is 1. The third-order valence-electron chi connectivity index (χ3n) is 4.06. The Bertz CT molecular complexity index is 447. The van der Waals surface area contributed by atoms with Crippen molar-refractivity contribution < 1.29 is 4.79 Å². The number of likely N-dealkylation sites (tertiary alicyclic amines) is 1. The number of carbonyl (C=O) groups is 1. The highest BCUT2D eigenvalue weighted by atomic mass is 16.2. The van der Waals surface area contributed by atoms with E-state index in [4.69, 9.17) is 0 Å². The van der Waals surface area contributed by atoms with E-state index >= 15 is 0 Å². The number of carbonyl (C=O) groups excluding carboxylic acids is 1. The van der Waals surface area contributed by atoms with Crippen LogP contribution < -0.4 is 5.32 Å². The molecule has 1 aliphatic rings. The van der Waals surface area contributed by atoms with Crippen LogP contribution in [0.2, 0.25) is 0 Å². The Morgan fingerprint density at radius 2 is 2.10 bits per heavy atom. The molecule has 1 fully saturated rings. The largest absolute Gasteiger partial charge is 0.339 e. The molecule has 0 aliphatic carbocycles. The Kier molecular flexibility index (Phi) is 5.17. The van der Waals surface area contributed by atoms with E-state index in [9.17, 15) is 4.79 Å². The van der Waals surface area contributed by atoms with Crippen LogP contribution in [0.15, 0.2) is 6.20 Å². The molecule has 2 rings (SSSR count). The van der Waals surface area contributed by atoms with E-state index in [0.717, 1.165) is 56.7 Å². The summed E-state index contributed by atoms with van der Waals surface area (Å²) in [6.07, 6.45) is 4.85. The number of hydrogen-bond acceptors (Lipinski definition) is 3. The minimum Gasteiger partial charge on any atom is -0.339 e. The standard InChI is InChI=1S/C15H26N4O/c1-4-14-13(11-18(3)17-14)15(20)19-8-6-12(7-9-19)10-16-5-2/h11-12,16H,4-10H2,1-3H3. The Balaban J connectivity index is 1.94. The van der Waals surface area contributed by atoms with Crippen LogP contribution in [0, 0.1) is 5.92 Å². The van der Waals surface area contributed by atoms with Gasteiger partial charge in [-0.15, -0.1) is 0 Å². The van der Waals surface area contributed by atoms with E-state index in [0.29, 0.717) is 5.92 Å². The molecule has 0 atom stereocenters. The van der Waals surface area contributed by atoms with Gasteiger partial charge in [0, 0.05) is 26.3 Å². The monoisotopic (exact) mass is 278 g/mol. The second kappa shape index (κ2) is 6.88. The van der Waals surface area contributed by atoms with Gasteiger partial charge < -0.3 is 10.2 Å². The fourth-order valence-corrected chi connectivity index (χ4v) is 2.83. The maximum atomic E-state index is 12.6. The van der Waals surface area contributed by atoms with Gasteiger partial charge in [0.1, 0.15) is 0 Å². The summed E-state index contributed by atoms with van der Waals surface area (Å²) < 4.78 is 1.74. The lowest BCUT2D eigenvalue weighted by Gasteiger charge is -2.32. The van der Waals surface area contributed by atoms with Crippen LogP contribution in [0.1, 0.15) is 42.7 Å². The summed E-state index contributed by atoms with van der Waals surface area (Å²) in [5.41, 5.74) is 1.69. The number of hydrogen-bond donors (Lipinski definition) is 1. The minimum atomic E-state index is 0.150. The van der Waals surface area contributed by atoms with Crippen LogP contribution in [0.4, 0.5) is 0 Å². The van der Waals surface area contributed by atoms with E-state index in [1.165, 1.54) is 0 Å². The zero-order valence-corrected chi connectivity index (χ0v) is 12.9. The predicted molar refractivity (Wildman–Crippen MR) is 79.8 cm³/mol. The van der Waals surface area contributed by atoms with Crippen molar-refractivity contribution in [1.29, 1.82) is 0 Å². The number of nitrogens with one attached hydrogen (secondary N) is 1. The lowest BCUT2D eigenvalue weighted by molar-refractivity contribution is 0.0689. The number of aromatic nitrogens is 2. The number of aryl methyl sites for hydroxylation is 2. The lowest BCUT2D eigenvalue weighted by Crippen LogP contribution is -2.41. The highest BCUT2D eigenvalue weighted by Crippen LogP contribution is 2.19. The second-order valence-electron chi connectivity index (χ2n) is 5.56. The summed E-state index contributed by atoms with van der Waals surface area (Å²) in [6, 6.07) is 0. The molecule has 0 bridgehead atoms. The summed E-state index contributed by atoms with van der Waals surface area (Å²) in [7, 11) is 1.87. The first-order valence-corrected chi connectivity index (χ1v) is 7.68. The van der Waals surface area contributed by atoms with Gasteiger partial charge in [0.2, 0.25) is 0 Å². The zero-order valence-electron chi connectivity index (χ0n) is 12.9. The van der Waals surface area contributed by atoms with Crippen molar-refractivity contribution in [2.75, 3.05) is 26.2 Å². The van der Waals surface area contributed by atoms with Crippen molar-refractivity contribution >= 4 is 5.91 Å².